The Kier molecular flexibility index (Phi) is 5.25. The molecule has 1 aromatic carbocycles. The van der Waals surface area contributed by atoms with Crippen molar-refractivity contribution in [3.8, 4) is 11.5 Å². The molecule has 1 atom stereocenters. The molecule has 1 amide bonds. The molecule has 1 saturated heterocycles. The first-order chi connectivity index (χ1) is 10.5. The van der Waals surface area contributed by atoms with Gasteiger partial charge in [0.25, 0.3) is 5.91 Å². The summed E-state index contributed by atoms with van der Waals surface area (Å²) in [4.78, 5) is 25.0. The Bertz CT molecular complexity index is 537. The first-order valence-electron chi connectivity index (χ1n) is 7.34. The zero-order chi connectivity index (χ0) is 16.1. The van der Waals surface area contributed by atoms with Crippen LogP contribution in [0.2, 0.25) is 0 Å². The summed E-state index contributed by atoms with van der Waals surface area (Å²) >= 11 is 0. The lowest BCUT2D eigenvalue weighted by atomic mass is 9.97. The van der Waals surface area contributed by atoms with Gasteiger partial charge in [0.1, 0.15) is 0 Å². The van der Waals surface area contributed by atoms with Gasteiger partial charge < -0.3 is 19.5 Å². The Hall–Kier alpha value is -2.24. The highest BCUT2D eigenvalue weighted by Crippen LogP contribution is 2.27. The second kappa shape index (κ2) is 7.15. The Morgan fingerprint density at radius 2 is 1.82 bits per heavy atom. The molecule has 2 rings (SSSR count). The number of carboxylic acid groups (broad SMARTS) is 1. The monoisotopic (exact) mass is 307 g/mol. The van der Waals surface area contributed by atoms with E-state index in [9.17, 15) is 9.59 Å². The van der Waals surface area contributed by atoms with Crippen molar-refractivity contribution in [3.05, 3.63) is 24.3 Å². The summed E-state index contributed by atoms with van der Waals surface area (Å²) in [6.45, 7) is 2.60. The molecule has 0 aromatic heterocycles. The summed E-state index contributed by atoms with van der Waals surface area (Å²) in [7, 11) is 1.55. The number of hydrogen-bond donors (Lipinski definition) is 1. The van der Waals surface area contributed by atoms with Gasteiger partial charge in [-0.05, 0) is 31.9 Å². The Morgan fingerprint density at radius 3 is 2.36 bits per heavy atom. The average molecular weight is 307 g/mol. The predicted molar refractivity (Wildman–Crippen MR) is 80.0 cm³/mol. The van der Waals surface area contributed by atoms with Crippen molar-refractivity contribution in [2.45, 2.75) is 25.9 Å². The van der Waals surface area contributed by atoms with Gasteiger partial charge in [0, 0.05) is 13.1 Å². The summed E-state index contributed by atoms with van der Waals surface area (Å²) in [5.41, 5.74) is 0. The SMILES string of the molecule is COc1ccccc1OC(C)C(=O)N1CCC(C(=O)O)CC1. The zero-order valence-electron chi connectivity index (χ0n) is 12.8. The molecule has 1 aromatic rings. The van der Waals surface area contributed by atoms with Crippen LogP contribution in [0.3, 0.4) is 0 Å². The first-order valence-corrected chi connectivity index (χ1v) is 7.34. The number of benzene rings is 1. The highest BCUT2D eigenvalue weighted by molar-refractivity contribution is 5.81. The number of hydrogen-bond acceptors (Lipinski definition) is 4. The Balaban J connectivity index is 1.94. The smallest absolute Gasteiger partial charge is 0.306 e. The standard InChI is InChI=1S/C16H21NO5/c1-11(22-14-6-4-3-5-13(14)21-2)15(18)17-9-7-12(8-10-17)16(19)20/h3-6,11-12H,7-10H2,1-2H3,(H,19,20). The molecule has 120 valence electrons. The molecule has 6 nitrogen and oxygen atoms in total. The fourth-order valence-corrected chi connectivity index (χ4v) is 2.56. The van der Waals surface area contributed by atoms with Crippen LogP contribution in [0.5, 0.6) is 11.5 Å². The normalized spacial score (nSPS) is 16.9. The summed E-state index contributed by atoms with van der Waals surface area (Å²) in [6, 6.07) is 7.16. The Labute approximate surface area is 129 Å². The van der Waals surface area contributed by atoms with Crippen LogP contribution in [0.1, 0.15) is 19.8 Å². The molecule has 0 aliphatic carbocycles. The van der Waals surface area contributed by atoms with Crippen LogP contribution in [0.15, 0.2) is 24.3 Å². The number of para-hydroxylation sites is 2. The number of carboxylic acids is 1. The van der Waals surface area contributed by atoms with Crippen molar-refractivity contribution in [1.82, 2.24) is 4.90 Å². The van der Waals surface area contributed by atoms with Crippen LogP contribution in [0.25, 0.3) is 0 Å². The number of methoxy groups -OCH3 is 1. The maximum atomic E-state index is 12.4. The third-order valence-corrected chi connectivity index (χ3v) is 3.88. The van der Waals surface area contributed by atoms with Gasteiger partial charge in [0.15, 0.2) is 17.6 Å². The quantitative estimate of drug-likeness (QED) is 0.897. The fraction of sp³-hybridized carbons (Fsp3) is 0.500. The number of amides is 1. The number of ether oxygens (including phenoxy) is 2. The van der Waals surface area contributed by atoms with E-state index in [0.29, 0.717) is 37.4 Å². The number of piperidine rings is 1. The van der Waals surface area contributed by atoms with E-state index in [2.05, 4.69) is 0 Å². The molecule has 1 unspecified atom stereocenters. The van der Waals surface area contributed by atoms with Gasteiger partial charge in [0.2, 0.25) is 0 Å². The van der Waals surface area contributed by atoms with Crippen molar-refractivity contribution < 1.29 is 24.2 Å². The second-order valence-electron chi connectivity index (χ2n) is 5.35. The fourth-order valence-electron chi connectivity index (χ4n) is 2.56. The van der Waals surface area contributed by atoms with Gasteiger partial charge in [0.05, 0.1) is 13.0 Å². The van der Waals surface area contributed by atoms with E-state index in [4.69, 9.17) is 14.6 Å². The zero-order valence-corrected chi connectivity index (χ0v) is 12.8. The lowest BCUT2D eigenvalue weighted by molar-refractivity contribution is -0.147. The van der Waals surface area contributed by atoms with Crippen LogP contribution >= 0.6 is 0 Å². The lowest BCUT2D eigenvalue weighted by Gasteiger charge is -2.32. The van der Waals surface area contributed by atoms with E-state index in [-0.39, 0.29) is 11.8 Å². The van der Waals surface area contributed by atoms with Crippen molar-refractivity contribution in [3.63, 3.8) is 0 Å². The van der Waals surface area contributed by atoms with Gasteiger partial charge in [-0.2, -0.15) is 0 Å². The molecular weight excluding hydrogens is 286 g/mol. The maximum absolute atomic E-state index is 12.4. The lowest BCUT2D eigenvalue weighted by Crippen LogP contribution is -2.45. The summed E-state index contributed by atoms with van der Waals surface area (Å²) in [5.74, 6) is -0.173. The van der Waals surface area contributed by atoms with Gasteiger partial charge >= 0.3 is 5.97 Å². The third kappa shape index (κ3) is 3.69. The van der Waals surface area contributed by atoms with E-state index in [1.54, 1.807) is 31.1 Å². The van der Waals surface area contributed by atoms with Gasteiger partial charge in [-0.15, -0.1) is 0 Å². The minimum absolute atomic E-state index is 0.130. The van der Waals surface area contributed by atoms with Gasteiger partial charge in [-0.3, -0.25) is 9.59 Å². The minimum atomic E-state index is -0.787. The molecule has 22 heavy (non-hydrogen) atoms. The van der Waals surface area contributed by atoms with Crippen LogP contribution in [-0.2, 0) is 9.59 Å². The van der Waals surface area contributed by atoms with Crippen LogP contribution in [0.4, 0.5) is 0 Å². The third-order valence-electron chi connectivity index (χ3n) is 3.88. The minimum Gasteiger partial charge on any atom is -0.493 e. The highest BCUT2D eigenvalue weighted by atomic mass is 16.5. The number of rotatable bonds is 5. The summed E-state index contributed by atoms with van der Waals surface area (Å²) in [5, 5.41) is 8.98. The largest absolute Gasteiger partial charge is 0.493 e. The topological polar surface area (TPSA) is 76.1 Å². The summed E-state index contributed by atoms with van der Waals surface area (Å²) < 4.78 is 10.9. The average Bonchev–Trinajstić information content (AvgIpc) is 2.54. The molecular formula is C16H21NO5. The highest BCUT2D eigenvalue weighted by Gasteiger charge is 2.30. The molecule has 1 heterocycles. The van der Waals surface area contributed by atoms with Crippen LogP contribution in [0, 0.1) is 5.92 Å². The van der Waals surface area contributed by atoms with Crippen molar-refractivity contribution >= 4 is 11.9 Å². The molecule has 1 aliphatic heterocycles. The second-order valence-corrected chi connectivity index (χ2v) is 5.35. The summed E-state index contributed by atoms with van der Waals surface area (Å²) in [6.07, 6.45) is 0.336. The van der Waals surface area contributed by atoms with Crippen molar-refractivity contribution in [2.24, 2.45) is 5.92 Å². The van der Waals surface area contributed by atoms with Crippen LogP contribution < -0.4 is 9.47 Å². The molecule has 1 fully saturated rings. The Morgan fingerprint density at radius 1 is 1.23 bits per heavy atom. The molecule has 1 N–H and O–H groups in total. The maximum Gasteiger partial charge on any atom is 0.306 e. The van der Waals surface area contributed by atoms with E-state index < -0.39 is 12.1 Å². The van der Waals surface area contributed by atoms with Crippen molar-refractivity contribution in [1.29, 1.82) is 0 Å². The van der Waals surface area contributed by atoms with E-state index in [1.807, 2.05) is 12.1 Å². The number of carbonyl (C=O) groups is 2. The van der Waals surface area contributed by atoms with E-state index in [1.165, 1.54) is 0 Å². The van der Waals surface area contributed by atoms with E-state index in [0.717, 1.165) is 0 Å². The molecule has 6 heteroatoms. The molecule has 0 spiro atoms. The van der Waals surface area contributed by atoms with Gasteiger partial charge in [-0.25, -0.2) is 0 Å². The number of carbonyl (C=O) groups excluding carboxylic acids is 1. The molecule has 0 radical (unpaired) electrons. The predicted octanol–water partition coefficient (Wildman–Crippen LogP) is 1.79. The molecule has 1 aliphatic rings. The molecule has 0 bridgehead atoms. The van der Waals surface area contributed by atoms with Gasteiger partial charge in [-0.1, -0.05) is 12.1 Å². The molecule has 0 saturated carbocycles. The number of nitrogens with zero attached hydrogens (tertiary/aromatic N) is 1. The number of aliphatic carboxylic acids is 1. The first kappa shape index (κ1) is 16.1. The van der Waals surface area contributed by atoms with Crippen molar-refractivity contribution in [2.75, 3.05) is 20.2 Å². The van der Waals surface area contributed by atoms with E-state index >= 15 is 0 Å². The number of likely N-dealkylation sites (tertiary alicyclic amines) is 1. The van der Waals surface area contributed by atoms with Crippen LogP contribution in [-0.4, -0.2) is 48.2 Å².